The van der Waals surface area contributed by atoms with Gasteiger partial charge in [-0.1, -0.05) is 24.3 Å². The number of primary sulfonamides is 1. The molecule has 0 unspecified atom stereocenters. The number of carbonyl (C=O) groups excluding carboxylic acids is 1. The summed E-state index contributed by atoms with van der Waals surface area (Å²) in [5.41, 5.74) is 1.06. The van der Waals surface area contributed by atoms with Crippen molar-refractivity contribution < 1.29 is 22.7 Å². The van der Waals surface area contributed by atoms with E-state index in [2.05, 4.69) is 5.32 Å². The van der Waals surface area contributed by atoms with E-state index in [1.807, 2.05) is 36.4 Å². The number of hydrogen-bond acceptors (Lipinski definition) is 5. The Morgan fingerprint density at radius 2 is 1.66 bits per heavy atom. The molecule has 1 amide bonds. The molecule has 0 saturated heterocycles. The van der Waals surface area contributed by atoms with Gasteiger partial charge in [0.25, 0.3) is 0 Å². The average molecular weight is 414 g/mol. The summed E-state index contributed by atoms with van der Waals surface area (Å²) in [5.74, 6) is 0.313. The highest BCUT2D eigenvalue weighted by atomic mass is 32.2. The summed E-state index contributed by atoms with van der Waals surface area (Å²) in [4.78, 5) is 12.7. The number of nitrogens with one attached hydrogen (secondary N) is 1. The van der Waals surface area contributed by atoms with Crippen LogP contribution >= 0.6 is 0 Å². The van der Waals surface area contributed by atoms with Gasteiger partial charge >= 0.3 is 0 Å². The summed E-state index contributed by atoms with van der Waals surface area (Å²) in [6.45, 7) is 1.77. The molecule has 0 heterocycles. The monoisotopic (exact) mass is 414 g/mol. The second kappa shape index (κ2) is 8.10. The molecule has 0 aromatic heterocycles. The molecule has 3 rings (SSSR count). The Bertz CT molecular complexity index is 1170. The molecule has 0 radical (unpaired) electrons. The zero-order valence-corrected chi connectivity index (χ0v) is 17.1. The van der Waals surface area contributed by atoms with Crippen LogP contribution in [-0.4, -0.2) is 28.5 Å². The molecule has 0 aliphatic rings. The number of benzene rings is 3. The third-order valence-corrected chi connectivity index (χ3v) is 5.63. The number of amides is 1. The first-order valence-electron chi connectivity index (χ1n) is 8.82. The van der Waals surface area contributed by atoms with Gasteiger partial charge < -0.3 is 14.8 Å². The zero-order valence-electron chi connectivity index (χ0n) is 16.3. The highest BCUT2D eigenvalue weighted by Crippen LogP contribution is 2.30. The van der Waals surface area contributed by atoms with Gasteiger partial charge in [-0.25, -0.2) is 13.6 Å². The quantitative estimate of drug-likeness (QED) is 0.644. The van der Waals surface area contributed by atoms with Gasteiger partial charge in [0.1, 0.15) is 11.5 Å². The molecule has 0 spiro atoms. The normalized spacial score (nSPS) is 12.4. The number of hydrogen-bond donors (Lipinski definition) is 2. The van der Waals surface area contributed by atoms with E-state index in [0.29, 0.717) is 5.75 Å². The lowest BCUT2D eigenvalue weighted by atomic mass is 9.97. The number of anilines is 1. The van der Waals surface area contributed by atoms with Crippen LogP contribution in [0.4, 0.5) is 5.69 Å². The van der Waals surface area contributed by atoms with Crippen molar-refractivity contribution in [1.29, 1.82) is 0 Å². The smallest absolute Gasteiger partial charge is 0.238 e. The van der Waals surface area contributed by atoms with Crippen LogP contribution in [0.25, 0.3) is 10.8 Å². The first kappa shape index (κ1) is 20.6. The van der Waals surface area contributed by atoms with Gasteiger partial charge in [0.2, 0.25) is 15.9 Å². The predicted molar refractivity (Wildman–Crippen MR) is 112 cm³/mol. The number of methoxy groups -OCH3 is 2. The molecular weight excluding hydrogens is 392 g/mol. The van der Waals surface area contributed by atoms with E-state index in [1.54, 1.807) is 14.0 Å². The van der Waals surface area contributed by atoms with E-state index < -0.39 is 15.9 Å². The SMILES string of the molecule is COc1ccc2cc([C@H](C)C(=O)Nc3cc(S(N)(=O)=O)ccc3OC)ccc2c1. The summed E-state index contributed by atoms with van der Waals surface area (Å²) >= 11 is 0. The Morgan fingerprint density at radius 3 is 2.31 bits per heavy atom. The van der Waals surface area contributed by atoms with Crippen LogP contribution in [-0.2, 0) is 14.8 Å². The lowest BCUT2D eigenvalue weighted by molar-refractivity contribution is -0.117. The van der Waals surface area contributed by atoms with E-state index in [-0.39, 0.29) is 16.5 Å². The van der Waals surface area contributed by atoms with Crippen molar-refractivity contribution in [2.75, 3.05) is 19.5 Å². The van der Waals surface area contributed by atoms with Crippen LogP contribution in [0.2, 0.25) is 0 Å². The van der Waals surface area contributed by atoms with Gasteiger partial charge in [-0.2, -0.15) is 0 Å². The molecule has 3 aromatic rings. The zero-order chi connectivity index (χ0) is 21.2. The predicted octanol–water partition coefficient (Wildman–Crippen LogP) is 3.25. The summed E-state index contributed by atoms with van der Waals surface area (Å²) in [5, 5.41) is 9.90. The van der Waals surface area contributed by atoms with E-state index in [1.165, 1.54) is 25.3 Å². The van der Waals surface area contributed by atoms with Gasteiger partial charge in [0.15, 0.2) is 0 Å². The number of rotatable bonds is 6. The van der Waals surface area contributed by atoms with E-state index in [0.717, 1.165) is 22.1 Å². The molecule has 3 aromatic carbocycles. The number of ether oxygens (including phenoxy) is 2. The molecule has 0 aliphatic heterocycles. The Balaban J connectivity index is 1.88. The highest BCUT2D eigenvalue weighted by Gasteiger charge is 2.19. The number of nitrogens with two attached hydrogens (primary N) is 1. The van der Waals surface area contributed by atoms with Crippen LogP contribution in [0.1, 0.15) is 18.4 Å². The van der Waals surface area contributed by atoms with E-state index in [4.69, 9.17) is 14.6 Å². The lowest BCUT2D eigenvalue weighted by Gasteiger charge is -2.16. The molecule has 152 valence electrons. The molecule has 0 fully saturated rings. The first-order valence-corrected chi connectivity index (χ1v) is 10.4. The second-order valence-corrected chi connectivity index (χ2v) is 8.15. The summed E-state index contributed by atoms with van der Waals surface area (Å²) in [7, 11) is -0.860. The highest BCUT2D eigenvalue weighted by molar-refractivity contribution is 7.89. The van der Waals surface area contributed by atoms with Crippen molar-refractivity contribution >= 4 is 32.4 Å². The molecule has 0 saturated carbocycles. The van der Waals surface area contributed by atoms with Gasteiger partial charge in [-0.05, 0) is 53.6 Å². The standard InChI is InChI=1S/C21H22N2O5S/c1-13(14-4-5-16-11-17(27-2)7-6-15(16)10-14)21(24)23-19-12-18(29(22,25)26)8-9-20(19)28-3/h4-13H,1-3H3,(H,23,24)(H2,22,25,26)/t13-/m0/s1. The largest absolute Gasteiger partial charge is 0.497 e. The molecule has 0 aliphatic carbocycles. The van der Waals surface area contributed by atoms with Gasteiger partial charge in [0, 0.05) is 0 Å². The fourth-order valence-corrected chi connectivity index (χ4v) is 3.53. The Kier molecular flexibility index (Phi) is 5.76. The van der Waals surface area contributed by atoms with Gasteiger partial charge in [-0.3, -0.25) is 4.79 Å². The number of sulfonamides is 1. The third kappa shape index (κ3) is 4.49. The molecular formula is C21H22N2O5S. The molecule has 3 N–H and O–H groups in total. The first-order chi connectivity index (χ1) is 13.7. The third-order valence-electron chi connectivity index (χ3n) is 4.72. The Hall–Kier alpha value is -3.10. The lowest BCUT2D eigenvalue weighted by Crippen LogP contribution is -2.20. The Labute approximate surface area is 169 Å². The van der Waals surface area contributed by atoms with Crippen molar-refractivity contribution in [3.63, 3.8) is 0 Å². The van der Waals surface area contributed by atoms with Crippen molar-refractivity contribution in [3.8, 4) is 11.5 Å². The maximum absolute atomic E-state index is 12.8. The van der Waals surface area contributed by atoms with Crippen LogP contribution in [0, 0.1) is 0 Å². The summed E-state index contributed by atoms with van der Waals surface area (Å²) < 4.78 is 33.7. The van der Waals surface area contributed by atoms with Crippen molar-refractivity contribution in [2.45, 2.75) is 17.7 Å². The molecule has 7 nitrogen and oxygen atoms in total. The molecule has 29 heavy (non-hydrogen) atoms. The second-order valence-electron chi connectivity index (χ2n) is 6.59. The maximum atomic E-state index is 12.8. The minimum absolute atomic E-state index is 0.110. The molecule has 1 atom stereocenters. The topological polar surface area (TPSA) is 108 Å². The summed E-state index contributed by atoms with van der Waals surface area (Å²) in [6.07, 6.45) is 0. The fourth-order valence-electron chi connectivity index (χ4n) is 2.99. The van der Waals surface area contributed by atoms with Crippen LogP contribution in [0.3, 0.4) is 0 Å². The van der Waals surface area contributed by atoms with E-state index in [9.17, 15) is 13.2 Å². The van der Waals surface area contributed by atoms with Crippen molar-refractivity contribution in [1.82, 2.24) is 0 Å². The summed E-state index contributed by atoms with van der Waals surface area (Å²) in [6, 6.07) is 15.5. The number of carbonyl (C=O) groups is 1. The van der Waals surface area contributed by atoms with Crippen molar-refractivity contribution in [3.05, 3.63) is 60.2 Å². The van der Waals surface area contributed by atoms with Crippen LogP contribution < -0.4 is 19.9 Å². The molecule has 8 heteroatoms. The molecule has 0 bridgehead atoms. The van der Waals surface area contributed by atoms with E-state index >= 15 is 0 Å². The minimum Gasteiger partial charge on any atom is -0.497 e. The van der Waals surface area contributed by atoms with Crippen molar-refractivity contribution in [2.24, 2.45) is 5.14 Å². The fraction of sp³-hybridized carbons (Fsp3) is 0.190. The number of fused-ring (bicyclic) bond motifs is 1. The van der Waals surface area contributed by atoms with Gasteiger partial charge in [0.05, 0.1) is 30.7 Å². The van der Waals surface area contributed by atoms with Crippen LogP contribution in [0.5, 0.6) is 11.5 Å². The van der Waals surface area contributed by atoms with Gasteiger partial charge in [-0.15, -0.1) is 0 Å². The average Bonchev–Trinajstić information content (AvgIpc) is 2.71. The Morgan fingerprint density at radius 1 is 0.966 bits per heavy atom. The minimum atomic E-state index is -3.91. The maximum Gasteiger partial charge on any atom is 0.238 e. The van der Waals surface area contributed by atoms with Crippen LogP contribution in [0.15, 0.2) is 59.5 Å².